The zero-order valence-corrected chi connectivity index (χ0v) is 15.2. The lowest BCUT2D eigenvalue weighted by atomic mass is 9.92. The van der Waals surface area contributed by atoms with Gasteiger partial charge in [0.15, 0.2) is 0 Å². The van der Waals surface area contributed by atoms with Crippen molar-refractivity contribution in [2.45, 2.75) is 37.9 Å². The molecule has 1 atom stereocenters. The summed E-state index contributed by atoms with van der Waals surface area (Å²) in [6, 6.07) is 9.07. The van der Waals surface area contributed by atoms with Gasteiger partial charge < -0.3 is 20.4 Å². The summed E-state index contributed by atoms with van der Waals surface area (Å²) in [5.41, 5.74) is 1.63. The molecule has 4 rings (SSSR count). The maximum Gasteiger partial charge on any atom is 0.258 e. The molecule has 0 radical (unpaired) electrons. The Labute approximate surface area is 161 Å². The Morgan fingerprint density at radius 2 is 1.85 bits per heavy atom. The summed E-state index contributed by atoms with van der Waals surface area (Å²) in [6.07, 6.45) is 2.99. The van der Waals surface area contributed by atoms with Gasteiger partial charge in [-0.15, -0.1) is 0 Å². The fraction of sp³-hybridized carbons (Fsp3) is 0.300. The van der Waals surface area contributed by atoms with E-state index in [0.29, 0.717) is 0 Å². The van der Waals surface area contributed by atoms with Gasteiger partial charge >= 0.3 is 0 Å². The van der Waals surface area contributed by atoms with Crippen LogP contribution in [-0.4, -0.2) is 33.0 Å². The van der Waals surface area contributed by atoms with Gasteiger partial charge in [-0.1, -0.05) is 35.9 Å². The van der Waals surface area contributed by atoms with Crippen molar-refractivity contribution in [2.24, 2.45) is 0 Å². The van der Waals surface area contributed by atoms with E-state index in [0.717, 1.165) is 36.5 Å². The van der Waals surface area contributed by atoms with Crippen LogP contribution in [0.5, 0.6) is 11.5 Å². The molecule has 1 fully saturated rings. The van der Waals surface area contributed by atoms with Crippen molar-refractivity contribution in [3.63, 3.8) is 0 Å². The number of carbonyl (C=O) groups is 2. The summed E-state index contributed by atoms with van der Waals surface area (Å²) in [6.45, 7) is 0.260. The van der Waals surface area contributed by atoms with Gasteiger partial charge in [0.2, 0.25) is 5.91 Å². The number of phenolic OH excluding ortho intramolecular Hbond substituents is 2. The molecule has 6 nitrogen and oxygen atoms in total. The van der Waals surface area contributed by atoms with Crippen molar-refractivity contribution < 1.29 is 19.8 Å². The monoisotopic (exact) mass is 386 g/mol. The lowest BCUT2D eigenvalue weighted by molar-refractivity contribution is -0.126. The standard InChI is InChI=1S/C20H19ClN2O4/c21-15-8-14(16(24)9-17(15)25)20(27)23-10-11-4-1-2-7-13(11)18(23)19(26)22-12-5-3-6-12/h1-2,4,7-9,12,18,24-25H,3,5-6,10H2,(H,22,26)/t18-/m1/s1. The first kappa shape index (κ1) is 17.7. The summed E-state index contributed by atoms with van der Waals surface area (Å²) >= 11 is 5.91. The SMILES string of the molecule is O=C(NC1CCC1)[C@H]1c2ccccc2CN1C(=O)c1cc(Cl)c(O)cc1O. The highest BCUT2D eigenvalue weighted by atomic mass is 35.5. The minimum absolute atomic E-state index is 0.0386. The second-order valence-electron chi connectivity index (χ2n) is 6.99. The van der Waals surface area contributed by atoms with E-state index in [1.54, 1.807) is 0 Å². The van der Waals surface area contributed by atoms with Crippen molar-refractivity contribution in [1.82, 2.24) is 10.2 Å². The third-order valence-corrected chi connectivity index (χ3v) is 5.56. The number of hydrogen-bond donors (Lipinski definition) is 3. The van der Waals surface area contributed by atoms with Crippen LogP contribution in [-0.2, 0) is 11.3 Å². The fourth-order valence-electron chi connectivity index (χ4n) is 3.57. The number of phenols is 2. The number of aromatic hydroxyl groups is 2. The highest BCUT2D eigenvalue weighted by Gasteiger charge is 2.40. The second-order valence-corrected chi connectivity index (χ2v) is 7.40. The van der Waals surface area contributed by atoms with E-state index >= 15 is 0 Å². The Bertz CT molecular complexity index is 926. The van der Waals surface area contributed by atoms with Crippen LogP contribution in [0.2, 0.25) is 5.02 Å². The Hall–Kier alpha value is -2.73. The Morgan fingerprint density at radius 3 is 2.56 bits per heavy atom. The van der Waals surface area contributed by atoms with Crippen LogP contribution in [0.1, 0.15) is 46.8 Å². The van der Waals surface area contributed by atoms with Crippen LogP contribution in [0.15, 0.2) is 36.4 Å². The van der Waals surface area contributed by atoms with E-state index in [2.05, 4.69) is 5.32 Å². The first-order chi connectivity index (χ1) is 13.0. The molecule has 140 valence electrons. The molecular weight excluding hydrogens is 368 g/mol. The second kappa shape index (κ2) is 6.78. The number of nitrogens with zero attached hydrogens (tertiary/aromatic N) is 1. The average Bonchev–Trinajstić information content (AvgIpc) is 3.00. The van der Waals surface area contributed by atoms with Gasteiger partial charge in [0.05, 0.1) is 10.6 Å². The molecule has 2 aromatic rings. The van der Waals surface area contributed by atoms with Gasteiger partial charge in [-0.25, -0.2) is 0 Å². The van der Waals surface area contributed by atoms with Crippen molar-refractivity contribution in [2.75, 3.05) is 0 Å². The largest absolute Gasteiger partial charge is 0.507 e. The highest BCUT2D eigenvalue weighted by molar-refractivity contribution is 6.32. The minimum Gasteiger partial charge on any atom is -0.507 e. The molecule has 1 aliphatic carbocycles. The van der Waals surface area contributed by atoms with Crippen molar-refractivity contribution >= 4 is 23.4 Å². The van der Waals surface area contributed by atoms with Crippen LogP contribution >= 0.6 is 11.6 Å². The molecule has 2 amide bonds. The number of benzene rings is 2. The summed E-state index contributed by atoms with van der Waals surface area (Å²) in [7, 11) is 0. The van der Waals surface area contributed by atoms with Crippen LogP contribution < -0.4 is 5.32 Å². The molecule has 2 aromatic carbocycles. The van der Waals surface area contributed by atoms with E-state index in [4.69, 9.17) is 11.6 Å². The molecule has 1 saturated carbocycles. The molecule has 3 N–H and O–H groups in total. The van der Waals surface area contributed by atoms with Crippen molar-refractivity contribution in [1.29, 1.82) is 0 Å². The average molecular weight is 387 g/mol. The topological polar surface area (TPSA) is 89.9 Å². The number of amides is 2. The third-order valence-electron chi connectivity index (χ3n) is 5.26. The van der Waals surface area contributed by atoms with Gasteiger partial charge in [0, 0.05) is 18.7 Å². The van der Waals surface area contributed by atoms with Crippen LogP contribution in [0.25, 0.3) is 0 Å². The predicted octanol–water partition coefficient (Wildman–Crippen LogP) is 3.12. The fourth-order valence-corrected chi connectivity index (χ4v) is 3.73. The number of carbonyl (C=O) groups excluding carboxylic acids is 2. The molecule has 0 saturated heterocycles. The maximum absolute atomic E-state index is 13.1. The minimum atomic E-state index is -0.763. The Morgan fingerprint density at radius 1 is 1.11 bits per heavy atom. The van der Waals surface area contributed by atoms with Crippen molar-refractivity contribution in [3.05, 3.63) is 58.1 Å². The number of nitrogens with one attached hydrogen (secondary N) is 1. The predicted molar refractivity (Wildman–Crippen MR) is 99.6 cm³/mol. The molecule has 1 heterocycles. The molecule has 1 aliphatic heterocycles. The number of fused-ring (bicyclic) bond motifs is 1. The zero-order valence-electron chi connectivity index (χ0n) is 14.5. The normalized spacial score (nSPS) is 18.7. The number of hydrogen-bond acceptors (Lipinski definition) is 4. The third kappa shape index (κ3) is 3.10. The maximum atomic E-state index is 13.1. The number of halogens is 1. The molecule has 7 heteroatoms. The van der Waals surface area contributed by atoms with E-state index in [9.17, 15) is 19.8 Å². The first-order valence-electron chi connectivity index (χ1n) is 8.86. The van der Waals surface area contributed by atoms with Crippen LogP contribution in [0.3, 0.4) is 0 Å². The smallest absolute Gasteiger partial charge is 0.258 e. The van der Waals surface area contributed by atoms with E-state index in [1.165, 1.54) is 11.0 Å². The number of rotatable bonds is 3. The lowest BCUT2D eigenvalue weighted by Gasteiger charge is -2.31. The summed E-state index contributed by atoms with van der Waals surface area (Å²) in [4.78, 5) is 27.5. The van der Waals surface area contributed by atoms with Gasteiger partial charge in [0.25, 0.3) is 5.91 Å². The van der Waals surface area contributed by atoms with Crippen LogP contribution in [0, 0.1) is 0 Å². The Kier molecular flexibility index (Phi) is 4.44. The van der Waals surface area contributed by atoms with Crippen LogP contribution in [0.4, 0.5) is 0 Å². The van der Waals surface area contributed by atoms with Gasteiger partial charge in [-0.2, -0.15) is 0 Å². The summed E-state index contributed by atoms with van der Waals surface area (Å²) in [5.74, 6) is -1.42. The summed E-state index contributed by atoms with van der Waals surface area (Å²) < 4.78 is 0. The quantitative estimate of drug-likeness (QED) is 0.756. The Balaban J connectivity index is 1.69. The molecule has 2 aliphatic rings. The highest BCUT2D eigenvalue weighted by Crippen LogP contribution is 2.38. The zero-order chi connectivity index (χ0) is 19.1. The lowest BCUT2D eigenvalue weighted by Crippen LogP contribution is -2.46. The first-order valence-corrected chi connectivity index (χ1v) is 9.24. The molecular formula is C20H19ClN2O4. The molecule has 27 heavy (non-hydrogen) atoms. The molecule has 0 spiro atoms. The van der Waals surface area contributed by atoms with Gasteiger partial charge in [-0.05, 0) is 36.5 Å². The molecule has 0 aromatic heterocycles. The summed E-state index contributed by atoms with van der Waals surface area (Å²) in [5, 5.41) is 22.7. The van der Waals surface area contributed by atoms with E-state index in [1.807, 2.05) is 24.3 Å². The van der Waals surface area contributed by atoms with Gasteiger partial charge in [-0.3, -0.25) is 9.59 Å². The van der Waals surface area contributed by atoms with E-state index in [-0.39, 0.29) is 40.6 Å². The van der Waals surface area contributed by atoms with Gasteiger partial charge in [0.1, 0.15) is 17.5 Å². The van der Waals surface area contributed by atoms with E-state index < -0.39 is 11.9 Å². The molecule has 0 unspecified atom stereocenters. The molecule has 0 bridgehead atoms. The van der Waals surface area contributed by atoms with Crippen molar-refractivity contribution in [3.8, 4) is 11.5 Å².